The minimum atomic E-state index is -3.96. The van der Waals surface area contributed by atoms with Crippen LogP contribution in [0.3, 0.4) is 0 Å². The summed E-state index contributed by atoms with van der Waals surface area (Å²) in [6, 6.07) is 9.80. The lowest BCUT2D eigenvalue weighted by Crippen LogP contribution is -2.25. The predicted octanol–water partition coefficient (Wildman–Crippen LogP) is 3.09. The van der Waals surface area contributed by atoms with Crippen LogP contribution in [0, 0.1) is 12.7 Å². The van der Waals surface area contributed by atoms with Crippen LogP contribution >= 0.6 is 0 Å². The molecular formula is C19H23FN2O4S. The fourth-order valence-corrected chi connectivity index (χ4v) is 3.36. The van der Waals surface area contributed by atoms with Gasteiger partial charge in [0, 0.05) is 31.0 Å². The standard InChI is InChI=1S/C19H23FN2O4S/c1-3-26-11-5-10-21-19(23)15-6-4-7-16(12-15)22-27(24,25)17-9-8-14(2)18(20)13-17/h4,6-9,12-13,22H,3,5,10-11H2,1-2H3,(H,21,23). The van der Waals surface area contributed by atoms with Crippen LogP contribution in [0.2, 0.25) is 0 Å². The molecule has 0 unspecified atom stereocenters. The molecule has 0 aliphatic rings. The highest BCUT2D eigenvalue weighted by Gasteiger charge is 2.16. The summed E-state index contributed by atoms with van der Waals surface area (Å²) in [6.45, 7) is 5.09. The Morgan fingerprint density at radius 3 is 2.67 bits per heavy atom. The van der Waals surface area contributed by atoms with Gasteiger partial charge in [0.25, 0.3) is 15.9 Å². The second-order valence-electron chi connectivity index (χ2n) is 5.90. The SMILES string of the molecule is CCOCCCNC(=O)c1cccc(NS(=O)(=O)c2ccc(C)c(F)c2)c1. The quantitative estimate of drug-likeness (QED) is 0.640. The number of nitrogens with one attached hydrogen (secondary N) is 2. The summed E-state index contributed by atoms with van der Waals surface area (Å²) in [7, 11) is -3.96. The summed E-state index contributed by atoms with van der Waals surface area (Å²) >= 11 is 0. The van der Waals surface area contributed by atoms with Gasteiger partial charge in [-0.3, -0.25) is 9.52 Å². The van der Waals surface area contributed by atoms with Crippen LogP contribution in [0.5, 0.6) is 0 Å². The van der Waals surface area contributed by atoms with Crippen LogP contribution in [0.15, 0.2) is 47.4 Å². The van der Waals surface area contributed by atoms with E-state index in [1.807, 2.05) is 6.92 Å². The maximum absolute atomic E-state index is 13.7. The van der Waals surface area contributed by atoms with Gasteiger partial charge in [0.15, 0.2) is 0 Å². The molecular weight excluding hydrogens is 371 g/mol. The van der Waals surface area contributed by atoms with Crippen LogP contribution in [0.1, 0.15) is 29.3 Å². The molecule has 0 atom stereocenters. The Labute approximate surface area is 158 Å². The molecule has 0 aliphatic heterocycles. The molecule has 27 heavy (non-hydrogen) atoms. The van der Waals surface area contributed by atoms with E-state index in [0.717, 1.165) is 6.07 Å². The molecule has 0 fully saturated rings. The zero-order chi connectivity index (χ0) is 19.9. The Bertz CT molecular complexity index is 900. The fourth-order valence-electron chi connectivity index (χ4n) is 2.30. The van der Waals surface area contributed by atoms with Crippen LogP contribution in [0.4, 0.5) is 10.1 Å². The summed E-state index contributed by atoms with van der Waals surface area (Å²) in [5, 5.41) is 2.75. The molecule has 0 spiro atoms. The highest BCUT2D eigenvalue weighted by Crippen LogP contribution is 2.19. The number of hydrogen-bond acceptors (Lipinski definition) is 4. The number of anilines is 1. The van der Waals surface area contributed by atoms with Crippen LogP contribution in [-0.2, 0) is 14.8 Å². The third-order valence-electron chi connectivity index (χ3n) is 3.79. The number of rotatable bonds is 9. The van der Waals surface area contributed by atoms with Gasteiger partial charge in [-0.1, -0.05) is 12.1 Å². The Morgan fingerprint density at radius 1 is 1.19 bits per heavy atom. The average molecular weight is 394 g/mol. The Kier molecular flexibility index (Phi) is 7.32. The van der Waals surface area contributed by atoms with Gasteiger partial charge in [-0.2, -0.15) is 0 Å². The number of benzene rings is 2. The first-order chi connectivity index (χ1) is 12.8. The van der Waals surface area contributed by atoms with Gasteiger partial charge in [0.2, 0.25) is 0 Å². The first kappa shape index (κ1) is 20.9. The number of aryl methyl sites for hydroxylation is 1. The molecule has 0 aromatic heterocycles. The van der Waals surface area contributed by atoms with E-state index in [9.17, 15) is 17.6 Å². The minimum Gasteiger partial charge on any atom is -0.382 e. The van der Waals surface area contributed by atoms with Crippen molar-refractivity contribution < 1.29 is 22.3 Å². The Morgan fingerprint density at radius 2 is 1.96 bits per heavy atom. The normalized spacial score (nSPS) is 11.2. The van der Waals surface area contributed by atoms with Gasteiger partial charge in [0.1, 0.15) is 5.82 Å². The van der Waals surface area contributed by atoms with Gasteiger partial charge < -0.3 is 10.1 Å². The lowest BCUT2D eigenvalue weighted by atomic mass is 10.2. The first-order valence-corrected chi connectivity index (χ1v) is 10.1. The van der Waals surface area contributed by atoms with Gasteiger partial charge in [0.05, 0.1) is 4.90 Å². The number of ether oxygens (including phenoxy) is 1. The lowest BCUT2D eigenvalue weighted by Gasteiger charge is -2.10. The second kappa shape index (κ2) is 9.48. The Balaban J connectivity index is 2.06. The van der Waals surface area contributed by atoms with Crippen LogP contribution in [-0.4, -0.2) is 34.1 Å². The highest BCUT2D eigenvalue weighted by molar-refractivity contribution is 7.92. The highest BCUT2D eigenvalue weighted by atomic mass is 32.2. The third kappa shape index (κ3) is 6.04. The number of carbonyl (C=O) groups is 1. The third-order valence-corrected chi connectivity index (χ3v) is 5.16. The molecule has 2 N–H and O–H groups in total. The minimum absolute atomic E-state index is 0.184. The van der Waals surface area contributed by atoms with Crippen molar-refractivity contribution in [1.29, 1.82) is 0 Å². The van der Waals surface area contributed by atoms with E-state index >= 15 is 0 Å². The molecule has 1 amide bonds. The van der Waals surface area contributed by atoms with Crippen molar-refractivity contribution in [1.82, 2.24) is 5.32 Å². The summed E-state index contributed by atoms with van der Waals surface area (Å²) in [5.41, 5.74) is 0.900. The predicted molar refractivity (Wildman–Crippen MR) is 102 cm³/mol. The van der Waals surface area contributed by atoms with E-state index in [2.05, 4.69) is 10.0 Å². The maximum Gasteiger partial charge on any atom is 0.261 e. The lowest BCUT2D eigenvalue weighted by molar-refractivity contribution is 0.0944. The topological polar surface area (TPSA) is 84.5 Å². The molecule has 0 saturated carbocycles. The van der Waals surface area contributed by atoms with E-state index in [-0.39, 0.29) is 16.5 Å². The van der Waals surface area contributed by atoms with Crippen molar-refractivity contribution in [3.05, 3.63) is 59.4 Å². The van der Waals surface area contributed by atoms with Crippen molar-refractivity contribution in [2.75, 3.05) is 24.5 Å². The molecule has 0 heterocycles. The van der Waals surface area contributed by atoms with Gasteiger partial charge in [-0.15, -0.1) is 0 Å². The molecule has 0 radical (unpaired) electrons. The monoisotopic (exact) mass is 394 g/mol. The maximum atomic E-state index is 13.7. The number of sulfonamides is 1. The van der Waals surface area contributed by atoms with Gasteiger partial charge >= 0.3 is 0 Å². The molecule has 0 saturated heterocycles. The van der Waals surface area contributed by atoms with Crippen molar-refractivity contribution in [2.24, 2.45) is 0 Å². The number of hydrogen-bond donors (Lipinski definition) is 2. The van der Waals surface area contributed by atoms with Crippen molar-refractivity contribution in [3.8, 4) is 0 Å². The van der Waals surface area contributed by atoms with E-state index in [4.69, 9.17) is 4.74 Å². The molecule has 2 rings (SSSR count). The summed E-state index contributed by atoms with van der Waals surface area (Å²) in [4.78, 5) is 12.0. The molecule has 2 aromatic rings. The van der Waals surface area contributed by atoms with Crippen molar-refractivity contribution in [2.45, 2.75) is 25.2 Å². The van der Waals surface area contributed by atoms with Crippen molar-refractivity contribution in [3.63, 3.8) is 0 Å². The first-order valence-electron chi connectivity index (χ1n) is 8.58. The largest absolute Gasteiger partial charge is 0.382 e. The van der Waals surface area contributed by atoms with Crippen LogP contribution in [0.25, 0.3) is 0 Å². The van der Waals surface area contributed by atoms with E-state index < -0.39 is 15.8 Å². The van der Waals surface area contributed by atoms with Crippen molar-refractivity contribution >= 4 is 21.6 Å². The van der Waals surface area contributed by atoms with E-state index in [1.165, 1.54) is 24.3 Å². The number of amides is 1. The molecule has 0 aliphatic carbocycles. The van der Waals surface area contributed by atoms with Gasteiger partial charge in [-0.05, 0) is 56.2 Å². The molecule has 8 heteroatoms. The number of carbonyl (C=O) groups excluding carboxylic acids is 1. The zero-order valence-electron chi connectivity index (χ0n) is 15.3. The summed E-state index contributed by atoms with van der Waals surface area (Å²) in [5.74, 6) is -0.910. The summed E-state index contributed by atoms with van der Waals surface area (Å²) in [6.07, 6.45) is 0.685. The molecule has 2 aromatic carbocycles. The van der Waals surface area contributed by atoms with E-state index in [0.29, 0.717) is 37.3 Å². The number of halogens is 1. The molecule has 6 nitrogen and oxygen atoms in total. The molecule has 0 bridgehead atoms. The van der Waals surface area contributed by atoms with Crippen LogP contribution < -0.4 is 10.0 Å². The second-order valence-corrected chi connectivity index (χ2v) is 7.59. The Hall–Kier alpha value is -2.45. The smallest absolute Gasteiger partial charge is 0.261 e. The molecule has 146 valence electrons. The fraction of sp³-hybridized carbons (Fsp3) is 0.316. The van der Waals surface area contributed by atoms with Gasteiger partial charge in [-0.25, -0.2) is 12.8 Å². The summed E-state index contributed by atoms with van der Waals surface area (Å²) < 4.78 is 46.1. The average Bonchev–Trinajstić information content (AvgIpc) is 2.63. The zero-order valence-corrected chi connectivity index (χ0v) is 16.1. The van der Waals surface area contributed by atoms with E-state index in [1.54, 1.807) is 19.1 Å².